The maximum absolute atomic E-state index is 12.4. The van der Waals surface area contributed by atoms with Gasteiger partial charge in [-0.2, -0.15) is 5.26 Å². The molecule has 31 heavy (non-hydrogen) atoms. The van der Waals surface area contributed by atoms with Gasteiger partial charge in [-0.15, -0.1) is 0 Å². The summed E-state index contributed by atoms with van der Waals surface area (Å²) in [6.45, 7) is 2.83. The first-order valence-corrected chi connectivity index (χ1v) is 10.3. The zero-order valence-electron chi connectivity index (χ0n) is 17.5. The molecule has 0 unspecified atom stereocenters. The lowest BCUT2D eigenvalue weighted by Gasteiger charge is -2.07. The van der Waals surface area contributed by atoms with Crippen LogP contribution >= 0.6 is 0 Å². The van der Waals surface area contributed by atoms with Crippen molar-refractivity contribution in [3.63, 3.8) is 0 Å². The number of esters is 1. The number of hydrogen-bond acceptors (Lipinski definition) is 5. The predicted octanol–water partition coefficient (Wildman–Crippen LogP) is 6.10. The number of ether oxygens (including phenoxy) is 2. The van der Waals surface area contributed by atoms with Crippen LogP contribution < -0.4 is 9.47 Å². The van der Waals surface area contributed by atoms with Gasteiger partial charge in [0, 0.05) is 6.21 Å². The van der Waals surface area contributed by atoms with Crippen molar-refractivity contribution in [2.24, 2.45) is 4.99 Å². The van der Waals surface area contributed by atoms with Gasteiger partial charge >= 0.3 is 5.97 Å². The quantitative estimate of drug-likeness (QED) is 0.184. The molecule has 0 aliphatic rings. The number of benzene rings is 3. The molecule has 0 atom stereocenters. The Labute approximate surface area is 182 Å². The molecule has 5 heteroatoms. The zero-order chi connectivity index (χ0) is 21.9. The van der Waals surface area contributed by atoms with E-state index in [1.54, 1.807) is 72.9 Å². The first-order chi connectivity index (χ1) is 15.2. The van der Waals surface area contributed by atoms with Gasteiger partial charge in [0.05, 0.1) is 23.4 Å². The molecule has 3 aromatic rings. The molecule has 0 aliphatic heterocycles. The third-order valence-electron chi connectivity index (χ3n) is 4.57. The molecule has 0 bridgehead atoms. The van der Waals surface area contributed by atoms with Crippen LogP contribution in [0, 0.1) is 11.3 Å². The summed E-state index contributed by atoms with van der Waals surface area (Å²) in [5, 5.41) is 9.12. The number of nitriles is 1. The second-order valence-corrected chi connectivity index (χ2v) is 6.93. The SMILES string of the molecule is CCCCCOc1ccc(C(=O)Oc2ccc(C=Nc3ccccc3C#N)cc2)cc1. The molecule has 0 saturated carbocycles. The normalized spacial score (nSPS) is 10.6. The summed E-state index contributed by atoms with van der Waals surface area (Å²) in [6.07, 6.45) is 4.98. The van der Waals surface area contributed by atoms with Crippen LogP contribution in [0.25, 0.3) is 0 Å². The molecule has 0 aromatic heterocycles. The average Bonchev–Trinajstić information content (AvgIpc) is 2.82. The van der Waals surface area contributed by atoms with Crippen LogP contribution in [0.1, 0.15) is 47.7 Å². The van der Waals surface area contributed by atoms with Crippen molar-refractivity contribution in [1.82, 2.24) is 0 Å². The van der Waals surface area contributed by atoms with E-state index in [0.717, 1.165) is 30.6 Å². The Morgan fingerprint density at radius 2 is 1.68 bits per heavy atom. The lowest BCUT2D eigenvalue weighted by atomic mass is 10.2. The molecule has 0 aliphatic carbocycles. The first-order valence-electron chi connectivity index (χ1n) is 10.3. The molecule has 0 radical (unpaired) electrons. The lowest BCUT2D eigenvalue weighted by Crippen LogP contribution is -2.08. The van der Waals surface area contributed by atoms with Crippen LogP contribution in [0.2, 0.25) is 0 Å². The number of nitrogens with zero attached hydrogens (tertiary/aromatic N) is 2. The molecule has 0 N–H and O–H groups in total. The van der Waals surface area contributed by atoms with Crippen LogP contribution in [-0.4, -0.2) is 18.8 Å². The molecule has 0 spiro atoms. The van der Waals surface area contributed by atoms with E-state index in [2.05, 4.69) is 18.0 Å². The summed E-state index contributed by atoms with van der Waals surface area (Å²) in [4.78, 5) is 16.7. The minimum atomic E-state index is -0.429. The summed E-state index contributed by atoms with van der Waals surface area (Å²) in [7, 11) is 0. The third-order valence-corrected chi connectivity index (χ3v) is 4.57. The molecular weight excluding hydrogens is 388 g/mol. The minimum Gasteiger partial charge on any atom is -0.494 e. The molecule has 0 fully saturated rings. The van der Waals surface area contributed by atoms with E-state index in [9.17, 15) is 4.79 Å². The van der Waals surface area contributed by atoms with E-state index >= 15 is 0 Å². The van der Waals surface area contributed by atoms with Crippen LogP contribution in [0.5, 0.6) is 11.5 Å². The van der Waals surface area contributed by atoms with Gasteiger partial charge in [-0.25, -0.2) is 4.79 Å². The highest BCUT2D eigenvalue weighted by Crippen LogP contribution is 2.19. The average molecular weight is 412 g/mol. The second-order valence-electron chi connectivity index (χ2n) is 6.93. The maximum atomic E-state index is 12.4. The molecule has 3 aromatic carbocycles. The largest absolute Gasteiger partial charge is 0.494 e. The molecule has 5 nitrogen and oxygen atoms in total. The fourth-order valence-electron chi connectivity index (χ4n) is 2.84. The smallest absolute Gasteiger partial charge is 0.343 e. The van der Waals surface area contributed by atoms with Crippen molar-refractivity contribution in [3.8, 4) is 17.6 Å². The van der Waals surface area contributed by atoms with Gasteiger partial charge < -0.3 is 9.47 Å². The van der Waals surface area contributed by atoms with Crippen molar-refractivity contribution in [3.05, 3.63) is 89.5 Å². The predicted molar refractivity (Wildman–Crippen MR) is 121 cm³/mol. The van der Waals surface area contributed by atoms with E-state index in [4.69, 9.17) is 14.7 Å². The van der Waals surface area contributed by atoms with Gasteiger partial charge in [-0.05, 0) is 72.6 Å². The van der Waals surface area contributed by atoms with Gasteiger partial charge in [0.25, 0.3) is 0 Å². The number of carbonyl (C=O) groups is 1. The summed E-state index contributed by atoms with van der Waals surface area (Å²) in [6, 6.07) is 23.2. The highest BCUT2D eigenvalue weighted by atomic mass is 16.5. The Hall–Kier alpha value is -3.91. The minimum absolute atomic E-state index is 0.429. The molecule has 0 amide bonds. The summed E-state index contributed by atoms with van der Waals surface area (Å²) >= 11 is 0. The van der Waals surface area contributed by atoms with Crippen molar-refractivity contribution < 1.29 is 14.3 Å². The lowest BCUT2D eigenvalue weighted by molar-refractivity contribution is 0.0734. The number of para-hydroxylation sites is 1. The molecular formula is C26H24N2O3. The summed E-state index contributed by atoms with van der Waals surface area (Å²) < 4.78 is 11.1. The molecule has 0 heterocycles. The Kier molecular flexibility index (Phi) is 7.96. The Balaban J connectivity index is 1.56. The highest BCUT2D eigenvalue weighted by Gasteiger charge is 2.09. The van der Waals surface area contributed by atoms with Crippen LogP contribution in [0.3, 0.4) is 0 Å². The number of aliphatic imine (C=N–C) groups is 1. The van der Waals surface area contributed by atoms with E-state index in [0.29, 0.717) is 29.2 Å². The van der Waals surface area contributed by atoms with Crippen molar-refractivity contribution in [2.45, 2.75) is 26.2 Å². The van der Waals surface area contributed by atoms with Gasteiger partial charge in [-0.3, -0.25) is 4.99 Å². The fraction of sp³-hybridized carbons (Fsp3) is 0.192. The van der Waals surface area contributed by atoms with Crippen molar-refractivity contribution in [1.29, 1.82) is 5.26 Å². The Morgan fingerprint density at radius 3 is 2.39 bits per heavy atom. The molecule has 0 saturated heterocycles. The zero-order valence-corrected chi connectivity index (χ0v) is 17.5. The first kappa shape index (κ1) is 21.8. The summed E-state index contributed by atoms with van der Waals surface area (Å²) in [5.74, 6) is 0.760. The van der Waals surface area contributed by atoms with Gasteiger partial charge in [0.1, 0.15) is 17.6 Å². The van der Waals surface area contributed by atoms with E-state index in [1.165, 1.54) is 0 Å². The number of hydrogen-bond donors (Lipinski definition) is 0. The standard InChI is InChI=1S/C26H24N2O3/c1-2-3-6-17-30-23-15-11-21(12-16-23)26(29)31-24-13-9-20(10-14-24)19-28-25-8-5-4-7-22(25)18-27/h4-5,7-16,19H,2-3,6,17H2,1H3. The summed E-state index contributed by atoms with van der Waals surface area (Å²) in [5.41, 5.74) is 2.41. The van der Waals surface area contributed by atoms with E-state index < -0.39 is 5.97 Å². The fourth-order valence-corrected chi connectivity index (χ4v) is 2.84. The molecule has 3 rings (SSSR count). The third kappa shape index (κ3) is 6.55. The number of carbonyl (C=O) groups excluding carboxylic acids is 1. The van der Waals surface area contributed by atoms with E-state index in [-0.39, 0.29) is 0 Å². The number of unbranched alkanes of at least 4 members (excludes halogenated alkanes) is 2. The second kappa shape index (κ2) is 11.3. The van der Waals surface area contributed by atoms with Gasteiger partial charge in [0.2, 0.25) is 0 Å². The number of rotatable bonds is 9. The van der Waals surface area contributed by atoms with Gasteiger partial charge in [-0.1, -0.05) is 31.9 Å². The Morgan fingerprint density at radius 1 is 0.968 bits per heavy atom. The van der Waals surface area contributed by atoms with Crippen molar-refractivity contribution in [2.75, 3.05) is 6.61 Å². The van der Waals surface area contributed by atoms with Crippen LogP contribution in [0.4, 0.5) is 5.69 Å². The van der Waals surface area contributed by atoms with E-state index in [1.807, 2.05) is 6.07 Å². The molecule has 156 valence electrons. The monoisotopic (exact) mass is 412 g/mol. The topological polar surface area (TPSA) is 71.7 Å². The van der Waals surface area contributed by atoms with Gasteiger partial charge in [0.15, 0.2) is 0 Å². The highest BCUT2D eigenvalue weighted by molar-refractivity contribution is 5.91. The van der Waals surface area contributed by atoms with Crippen LogP contribution in [0.15, 0.2) is 77.8 Å². The van der Waals surface area contributed by atoms with Crippen molar-refractivity contribution >= 4 is 17.9 Å². The van der Waals surface area contributed by atoms with Crippen LogP contribution in [-0.2, 0) is 0 Å². The maximum Gasteiger partial charge on any atom is 0.343 e. The Bertz CT molecular complexity index is 1070.